The fraction of sp³-hybridized carbons (Fsp3) is 0.133. The van der Waals surface area contributed by atoms with Gasteiger partial charge >= 0.3 is 0 Å². The van der Waals surface area contributed by atoms with Gasteiger partial charge in [0, 0.05) is 11.8 Å². The van der Waals surface area contributed by atoms with Crippen molar-refractivity contribution in [2.24, 2.45) is 0 Å². The molecule has 22 heavy (non-hydrogen) atoms. The van der Waals surface area contributed by atoms with Crippen LogP contribution in [-0.2, 0) is 4.79 Å². The van der Waals surface area contributed by atoms with E-state index in [9.17, 15) is 9.59 Å². The van der Waals surface area contributed by atoms with Crippen molar-refractivity contribution >= 4 is 35.2 Å². The van der Waals surface area contributed by atoms with Gasteiger partial charge in [0.15, 0.2) is 0 Å². The lowest BCUT2D eigenvalue weighted by molar-refractivity contribution is -0.117. The molecule has 0 fully saturated rings. The highest BCUT2D eigenvalue weighted by molar-refractivity contribution is 8.00. The van der Waals surface area contributed by atoms with Crippen molar-refractivity contribution in [3.05, 3.63) is 53.2 Å². The molecular weight excluding hydrogens is 324 g/mol. The number of aromatic nitrogens is 1. The summed E-state index contributed by atoms with van der Waals surface area (Å²) in [5.74, 6) is -0.172. The number of imide groups is 1. The average Bonchev–Trinajstić information content (AvgIpc) is 2.54. The lowest BCUT2D eigenvalue weighted by Gasteiger charge is -2.05. The maximum absolute atomic E-state index is 11.9. The van der Waals surface area contributed by atoms with E-state index in [1.165, 1.54) is 11.8 Å². The van der Waals surface area contributed by atoms with Gasteiger partial charge in [0.05, 0.1) is 17.9 Å². The maximum atomic E-state index is 11.9. The number of ether oxygens (including phenoxy) is 1. The van der Waals surface area contributed by atoms with Crippen LogP contribution < -0.4 is 10.1 Å². The van der Waals surface area contributed by atoms with Crippen LogP contribution in [0.25, 0.3) is 0 Å². The van der Waals surface area contributed by atoms with Crippen LogP contribution in [0.1, 0.15) is 10.4 Å². The number of nitrogens with one attached hydrogen (secondary N) is 1. The van der Waals surface area contributed by atoms with Crippen LogP contribution in [0.4, 0.5) is 0 Å². The SMILES string of the molecule is COc1ccc(C(=O)NC(=O)CSc2ncccc2Cl)cc1. The van der Waals surface area contributed by atoms with Crippen molar-refractivity contribution in [2.45, 2.75) is 5.03 Å². The Morgan fingerprint density at radius 2 is 2.00 bits per heavy atom. The van der Waals surface area contributed by atoms with Gasteiger partial charge in [0.25, 0.3) is 5.91 Å². The standard InChI is InChI=1S/C15H13ClN2O3S/c1-21-11-6-4-10(5-7-11)14(20)18-13(19)9-22-15-12(16)3-2-8-17-15/h2-8H,9H2,1H3,(H,18,19,20). The highest BCUT2D eigenvalue weighted by Crippen LogP contribution is 2.23. The number of amides is 2. The van der Waals surface area contributed by atoms with E-state index < -0.39 is 11.8 Å². The highest BCUT2D eigenvalue weighted by atomic mass is 35.5. The number of halogens is 1. The van der Waals surface area contributed by atoms with E-state index in [-0.39, 0.29) is 5.75 Å². The lowest BCUT2D eigenvalue weighted by atomic mass is 10.2. The predicted octanol–water partition coefficient (Wildman–Crippen LogP) is 2.79. The number of thioether (sulfide) groups is 1. The normalized spacial score (nSPS) is 10.1. The molecule has 0 saturated carbocycles. The first kappa shape index (κ1) is 16.3. The third-order valence-corrected chi connectivity index (χ3v) is 4.09. The lowest BCUT2D eigenvalue weighted by Crippen LogP contribution is -2.31. The van der Waals surface area contributed by atoms with Crippen LogP contribution in [0.15, 0.2) is 47.6 Å². The Labute approximate surface area is 137 Å². The molecule has 0 bridgehead atoms. The second-order valence-corrected chi connectivity index (χ2v) is 5.56. The van der Waals surface area contributed by atoms with Crippen LogP contribution in [0, 0.1) is 0 Å². The monoisotopic (exact) mass is 336 g/mol. The summed E-state index contributed by atoms with van der Waals surface area (Å²) in [5.41, 5.74) is 0.384. The number of methoxy groups -OCH3 is 1. The van der Waals surface area contributed by atoms with Crippen LogP contribution in [0.3, 0.4) is 0 Å². The van der Waals surface area contributed by atoms with E-state index in [0.29, 0.717) is 21.4 Å². The summed E-state index contributed by atoms with van der Waals surface area (Å²) in [6.45, 7) is 0. The summed E-state index contributed by atoms with van der Waals surface area (Å²) in [6, 6.07) is 9.88. The number of hydrogen-bond donors (Lipinski definition) is 1. The smallest absolute Gasteiger partial charge is 0.257 e. The first-order chi connectivity index (χ1) is 10.6. The maximum Gasteiger partial charge on any atom is 0.257 e. The quantitative estimate of drug-likeness (QED) is 0.850. The minimum atomic E-state index is -0.458. The fourth-order valence-corrected chi connectivity index (χ4v) is 2.56. The molecule has 1 aromatic heterocycles. The van der Waals surface area contributed by atoms with Crippen molar-refractivity contribution in [1.82, 2.24) is 10.3 Å². The summed E-state index contributed by atoms with van der Waals surface area (Å²) < 4.78 is 5.01. The fourth-order valence-electron chi connectivity index (χ4n) is 1.59. The number of carbonyl (C=O) groups is 2. The third-order valence-electron chi connectivity index (χ3n) is 2.67. The number of hydrogen-bond acceptors (Lipinski definition) is 5. The number of carbonyl (C=O) groups excluding carboxylic acids is 2. The minimum absolute atomic E-state index is 0.0542. The molecule has 2 aromatic rings. The topological polar surface area (TPSA) is 68.3 Å². The van der Waals surface area contributed by atoms with Gasteiger partial charge in [-0.2, -0.15) is 0 Å². The summed E-state index contributed by atoms with van der Waals surface area (Å²) >= 11 is 7.12. The Morgan fingerprint density at radius 3 is 2.64 bits per heavy atom. The molecule has 1 aromatic carbocycles. The zero-order valence-electron chi connectivity index (χ0n) is 11.7. The Balaban J connectivity index is 1.88. The largest absolute Gasteiger partial charge is 0.497 e. The first-order valence-electron chi connectivity index (χ1n) is 6.31. The second-order valence-electron chi connectivity index (χ2n) is 4.18. The number of pyridine rings is 1. The highest BCUT2D eigenvalue weighted by Gasteiger charge is 2.12. The van der Waals surface area contributed by atoms with Crippen LogP contribution in [-0.4, -0.2) is 29.7 Å². The van der Waals surface area contributed by atoms with Gasteiger partial charge in [-0.15, -0.1) is 0 Å². The Morgan fingerprint density at radius 1 is 1.27 bits per heavy atom. The van der Waals surface area contributed by atoms with Crippen molar-refractivity contribution < 1.29 is 14.3 Å². The van der Waals surface area contributed by atoms with Gasteiger partial charge in [0.2, 0.25) is 5.91 Å². The third kappa shape index (κ3) is 4.47. The van der Waals surface area contributed by atoms with E-state index in [0.717, 1.165) is 0 Å². The number of rotatable bonds is 5. The van der Waals surface area contributed by atoms with E-state index in [1.807, 2.05) is 0 Å². The van der Waals surface area contributed by atoms with Crippen LogP contribution in [0.2, 0.25) is 5.02 Å². The van der Waals surface area contributed by atoms with Crippen molar-refractivity contribution in [1.29, 1.82) is 0 Å². The zero-order chi connectivity index (χ0) is 15.9. The molecular formula is C15H13ClN2O3S. The molecule has 0 aliphatic heterocycles. The van der Waals surface area contributed by atoms with E-state index >= 15 is 0 Å². The van der Waals surface area contributed by atoms with Gasteiger partial charge in [-0.05, 0) is 36.4 Å². The second kappa shape index (κ2) is 7.82. The van der Waals surface area contributed by atoms with E-state index in [4.69, 9.17) is 16.3 Å². The molecule has 0 saturated heterocycles. The number of benzene rings is 1. The molecule has 2 rings (SSSR count). The van der Waals surface area contributed by atoms with Gasteiger partial charge in [-0.1, -0.05) is 23.4 Å². The Kier molecular flexibility index (Phi) is 5.80. The molecule has 0 spiro atoms. The average molecular weight is 337 g/mol. The molecule has 114 valence electrons. The van der Waals surface area contributed by atoms with Gasteiger partial charge in [0.1, 0.15) is 10.8 Å². The van der Waals surface area contributed by atoms with Crippen molar-refractivity contribution in [3.8, 4) is 5.75 Å². The van der Waals surface area contributed by atoms with Crippen molar-refractivity contribution in [3.63, 3.8) is 0 Å². The zero-order valence-corrected chi connectivity index (χ0v) is 13.3. The molecule has 0 radical (unpaired) electrons. The minimum Gasteiger partial charge on any atom is -0.497 e. The predicted molar refractivity (Wildman–Crippen MR) is 85.4 cm³/mol. The van der Waals surface area contributed by atoms with Gasteiger partial charge in [-0.3, -0.25) is 14.9 Å². The molecule has 0 atom stereocenters. The molecule has 5 nitrogen and oxygen atoms in total. The Hall–Kier alpha value is -2.05. The van der Waals surface area contributed by atoms with Gasteiger partial charge < -0.3 is 4.74 Å². The van der Waals surface area contributed by atoms with E-state index in [2.05, 4.69) is 10.3 Å². The van der Waals surface area contributed by atoms with E-state index in [1.54, 1.807) is 49.7 Å². The summed E-state index contributed by atoms with van der Waals surface area (Å²) in [7, 11) is 1.54. The summed E-state index contributed by atoms with van der Waals surface area (Å²) in [6.07, 6.45) is 1.59. The summed E-state index contributed by atoms with van der Waals surface area (Å²) in [5, 5.41) is 3.34. The van der Waals surface area contributed by atoms with Crippen LogP contribution >= 0.6 is 23.4 Å². The molecule has 0 unspecified atom stereocenters. The van der Waals surface area contributed by atoms with Gasteiger partial charge in [-0.25, -0.2) is 4.98 Å². The molecule has 0 aliphatic carbocycles. The summed E-state index contributed by atoms with van der Waals surface area (Å²) in [4.78, 5) is 27.8. The van der Waals surface area contributed by atoms with Crippen LogP contribution in [0.5, 0.6) is 5.75 Å². The molecule has 7 heteroatoms. The first-order valence-corrected chi connectivity index (χ1v) is 7.68. The molecule has 0 aliphatic rings. The molecule has 1 heterocycles. The van der Waals surface area contributed by atoms with Crippen molar-refractivity contribution in [2.75, 3.05) is 12.9 Å². The Bertz CT molecular complexity index is 677. The molecule has 2 amide bonds. The molecule has 1 N–H and O–H groups in total. The number of nitrogens with zero attached hydrogens (tertiary/aromatic N) is 1.